The van der Waals surface area contributed by atoms with Crippen LogP contribution < -0.4 is 10.9 Å². The number of rotatable bonds is 2. The summed E-state index contributed by atoms with van der Waals surface area (Å²) in [6.07, 6.45) is 0. The third-order valence-corrected chi connectivity index (χ3v) is 4.45. The molecular formula is C16H20N4O2S. The van der Waals surface area contributed by atoms with E-state index in [0.717, 1.165) is 10.2 Å². The van der Waals surface area contributed by atoms with E-state index in [1.807, 2.05) is 45.1 Å². The van der Waals surface area contributed by atoms with Gasteiger partial charge in [-0.25, -0.2) is 4.68 Å². The predicted molar refractivity (Wildman–Crippen MR) is 92.2 cm³/mol. The second-order valence-electron chi connectivity index (χ2n) is 6.78. The Bertz CT molecular complexity index is 972. The predicted octanol–water partition coefficient (Wildman–Crippen LogP) is 2.24. The van der Waals surface area contributed by atoms with Crippen molar-refractivity contribution in [3.63, 3.8) is 0 Å². The van der Waals surface area contributed by atoms with Gasteiger partial charge < -0.3 is 5.32 Å². The molecule has 0 atom stereocenters. The van der Waals surface area contributed by atoms with Gasteiger partial charge in [0.1, 0.15) is 17.9 Å². The number of nitrogens with one attached hydrogen (secondary N) is 1. The van der Waals surface area contributed by atoms with E-state index in [1.165, 1.54) is 9.56 Å². The standard InChI is InChI=1S/C16H20N4O2S/c1-9-6-11-13(23-9)7-12-15(22)19(18-10(2)20(11)12)8-14(21)17-16(3,4)5/h6-7H,8H2,1-5H3,(H,17,21). The minimum Gasteiger partial charge on any atom is -0.350 e. The monoisotopic (exact) mass is 332 g/mol. The lowest BCUT2D eigenvalue weighted by Crippen LogP contribution is -2.44. The molecule has 0 saturated carbocycles. The molecule has 0 fully saturated rings. The summed E-state index contributed by atoms with van der Waals surface area (Å²) in [7, 11) is 0. The lowest BCUT2D eigenvalue weighted by atomic mass is 10.1. The SMILES string of the molecule is Cc1cc2c(cc3c(=O)n(CC(=O)NC(C)(C)C)nc(C)n32)s1. The summed E-state index contributed by atoms with van der Waals surface area (Å²) in [5.74, 6) is 0.469. The van der Waals surface area contributed by atoms with E-state index in [-0.39, 0.29) is 23.6 Å². The van der Waals surface area contributed by atoms with Crippen molar-refractivity contribution >= 4 is 33.0 Å². The van der Waals surface area contributed by atoms with E-state index >= 15 is 0 Å². The van der Waals surface area contributed by atoms with Crippen molar-refractivity contribution in [1.82, 2.24) is 19.5 Å². The normalized spacial score (nSPS) is 12.2. The van der Waals surface area contributed by atoms with Crippen LogP contribution in [0.2, 0.25) is 0 Å². The third kappa shape index (κ3) is 2.88. The molecule has 0 saturated heterocycles. The number of nitrogens with zero attached hydrogens (tertiary/aromatic N) is 3. The minimum absolute atomic E-state index is 0.0781. The fraction of sp³-hybridized carbons (Fsp3) is 0.438. The third-order valence-electron chi connectivity index (χ3n) is 3.46. The maximum absolute atomic E-state index is 12.6. The van der Waals surface area contributed by atoms with Crippen LogP contribution in [0.25, 0.3) is 15.7 Å². The van der Waals surface area contributed by atoms with Crippen LogP contribution in [0.1, 0.15) is 31.5 Å². The molecule has 6 nitrogen and oxygen atoms in total. The smallest absolute Gasteiger partial charge is 0.291 e. The number of carbonyl (C=O) groups is 1. The number of aromatic nitrogens is 3. The quantitative estimate of drug-likeness (QED) is 0.782. The van der Waals surface area contributed by atoms with E-state index in [2.05, 4.69) is 16.5 Å². The molecular weight excluding hydrogens is 312 g/mol. The van der Waals surface area contributed by atoms with Crippen LogP contribution >= 0.6 is 11.3 Å². The van der Waals surface area contributed by atoms with Gasteiger partial charge in [-0.15, -0.1) is 11.3 Å². The van der Waals surface area contributed by atoms with Gasteiger partial charge in [0, 0.05) is 10.4 Å². The van der Waals surface area contributed by atoms with Gasteiger partial charge in [0.2, 0.25) is 5.91 Å². The largest absolute Gasteiger partial charge is 0.350 e. The second kappa shape index (κ2) is 5.19. The Labute approximate surface area is 137 Å². The van der Waals surface area contributed by atoms with E-state index < -0.39 is 0 Å². The number of thiophene rings is 1. The molecule has 3 heterocycles. The van der Waals surface area contributed by atoms with Crippen molar-refractivity contribution in [2.24, 2.45) is 0 Å². The summed E-state index contributed by atoms with van der Waals surface area (Å²) >= 11 is 1.65. The fourth-order valence-electron chi connectivity index (χ4n) is 2.72. The Morgan fingerprint density at radius 1 is 1.26 bits per heavy atom. The number of aryl methyl sites for hydroxylation is 2. The van der Waals surface area contributed by atoms with Gasteiger partial charge in [-0.3, -0.25) is 14.0 Å². The summed E-state index contributed by atoms with van der Waals surface area (Å²) in [5, 5.41) is 7.16. The molecule has 0 spiro atoms. The van der Waals surface area contributed by atoms with Gasteiger partial charge in [0.15, 0.2) is 0 Å². The van der Waals surface area contributed by atoms with E-state index in [4.69, 9.17) is 0 Å². The number of carbonyl (C=O) groups excluding carboxylic acids is 1. The number of hydrogen-bond donors (Lipinski definition) is 1. The molecule has 122 valence electrons. The first-order valence-corrected chi connectivity index (χ1v) is 8.28. The van der Waals surface area contributed by atoms with Gasteiger partial charge in [-0.05, 0) is 46.8 Å². The highest BCUT2D eigenvalue weighted by Crippen LogP contribution is 2.27. The molecule has 1 N–H and O–H groups in total. The first-order chi connectivity index (χ1) is 10.7. The maximum atomic E-state index is 12.6. The Balaban J connectivity index is 2.08. The van der Waals surface area contributed by atoms with Crippen LogP contribution in [0.4, 0.5) is 0 Å². The van der Waals surface area contributed by atoms with E-state index in [0.29, 0.717) is 11.3 Å². The maximum Gasteiger partial charge on any atom is 0.291 e. The fourth-order valence-corrected chi connectivity index (χ4v) is 3.66. The summed E-state index contributed by atoms with van der Waals surface area (Å²) < 4.78 is 4.16. The molecule has 3 aromatic rings. The van der Waals surface area contributed by atoms with Gasteiger partial charge in [-0.1, -0.05) is 0 Å². The lowest BCUT2D eigenvalue weighted by molar-refractivity contribution is -0.123. The molecule has 3 aromatic heterocycles. The van der Waals surface area contributed by atoms with Crippen molar-refractivity contribution < 1.29 is 4.79 Å². The molecule has 1 amide bonds. The van der Waals surface area contributed by atoms with Gasteiger partial charge in [0.25, 0.3) is 5.56 Å². The molecule has 0 unspecified atom stereocenters. The highest BCUT2D eigenvalue weighted by atomic mass is 32.1. The highest BCUT2D eigenvalue weighted by molar-refractivity contribution is 7.19. The average molecular weight is 332 g/mol. The summed E-state index contributed by atoms with van der Waals surface area (Å²) in [5.41, 5.74) is 0.966. The van der Waals surface area contributed by atoms with Crippen molar-refractivity contribution in [3.05, 3.63) is 33.2 Å². The molecule has 0 bridgehead atoms. The molecule has 0 radical (unpaired) electrons. The van der Waals surface area contributed by atoms with Crippen LogP contribution in [-0.2, 0) is 11.3 Å². The zero-order valence-corrected chi connectivity index (χ0v) is 14.7. The Morgan fingerprint density at radius 2 is 1.96 bits per heavy atom. The number of hydrogen-bond acceptors (Lipinski definition) is 4. The summed E-state index contributed by atoms with van der Waals surface area (Å²) in [4.78, 5) is 25.9. The molecule has 23 heavy (non-hydrogen) atoms. The van der Waals surface area contributed by atoms with Crippen molar-refractivity contribution in [1.29, 1.82) is 0 Å². The zero-order chi connectivity index (χ0) is 16.9. The zero-order valence-electron chi connectivity index (χ0n) is 13.9. The second-order valence-corrected chi connectivity index (χ2v) is 8.07. The van der Waals surface area contributed by atoms with Crippen LogP contribution in [0.5, 0.6) is 0 Å². The lowest BCUT2D eigenvalue weighted by Gasteiger charge is -2.20. The highest BCUT2D eigenvalue weighted by Gasteiger charge is 2.18. The molecule has 0 aromatic carbocycles. The molecule has 7 heteroatoms. The first kappa shape index (κ1) is 15.7. The minimum atomic E-state index is -0.338. The summed E-state index contributed by atoms with van der Waals surface area (Å²) in [6.45, 7) is 9.51. The van der Waals surface area contributed by atoms with E-state index in [1.54, 1.807) is 11.3 Å². The van der Waals surface area contributed by atoms with Gasteiger partial charge in [-0.2, -0.15) is 5.10 Å². The van der Waals surface area contributed by atoms with E-state index in [9.17, 15) is 9.59 Å². The van der Waals surface area contributed by atoms with Gasteiger partial charge >= 0.3 is 0 Å². The van der Waals surface area contributed by atoms with Crippen LogP contribution in [0.3, 0.4) is 0 Å². The molecule has 0 aliphatic heterocycles. The molecule has 0 aliphatic carbocycles. The van der Waals surface area contributed by atoms with Gasteiger partial charge in [0.05, 0.1) is 10.2 Å². The number of fused-ring (bicyclic) bond motifs is 3. The van der Waals surface area contributed by atoms with Crippen LogP contribution in [0, 0.1) is 13.8 Å². The molecule has 0 aliphatic rings. The average Bonchev–Trinajstić information content (AvgIpc) is 2.89. The summed E-state index contributed by atoms with van der Waals surface area (Å²) in [6, 6.07) is 3.93. The van der Waals surface area contributed by atoms with Crippen molar-refractivity contribution in [3.8, 4) is 0 Å². The number of amides is 1. The van der Waals surface area contributed by atoms with Crippen LogP contribution in [0.15, 0.2) is 16.9 Å². The van der Waals surface area contributed by atoms with Crippen molar-refractivity contribution in [2.75, 3.05) is 0 Å². The Kier molecular flexibility index (Phi) is 3.55. The Morgan fingerprint density at radius 3 is 2.61 bits per heavy atom. The first-order valence-electron chi connectivity index (χ1n) is 7.46. The Hall–Kier alpha value is -2.15. The topological polar surface area (TPSA) is 68.4 Å². The van der Waals surface area contributed by atoms with Crippen LogP contribution in [-0.4, -0.2) is 25.6 Å². The van der Waals surface area contributed by atoms with Crippen molar-refractivity contribution in [2.45, 2.75) is 46.7 Å². The molecule has 3 rings (SSSR count).